The summed E-state index contributed by atoms with van der Waals surface area (Å²) in [6, 6.07) is 11.9. The first-order chi connectivity index (χ1) is 14.4. The highest BCUT2D eigenvalue weighted by molar-refractivity contribution is 6.07. The number of nitrogens with one attached hydrogen (secondary N) is 1. The molecule has 2 aromatic rings. The Morgan fingerprint density at radius 3 is 2.67 bits per heavy atom. The van der Waals surface area contributed by atoms with E-state index in [2.05, 4.69) is 5.32 Å². The van der Waals surface area contributed by atoms with Crippen LogP contribution in [0.15, 0.2) is 42.5 Å². The molecule has 158 valence electrons. The maximum absolute atomic E-state index is 12.9. The van der Waals surface area contributed by atoms with Crippen molar-refractivity contribution in [2.75, 3.05) is 29.9 Å². The highest BCUT2D eigenvalue weighted by atomic mass is 16.5. The number of aryl methyl sites for hydroxylation is 1. The van der Waals surface area contributed by atoms with Crippen LogP contribution in [0.2, 0.25) is 0 Å². The zero-order valence-corrected chi connectivity index (χ0v) is 17.2. The summed E-state index contributed by atoms with van der Waals surface area (Å²) in [5, 5.41) is 12.3. The van der Waals surface area contributed by atoms with E-state index < -0.39 is 5.97 Å². The van der Waals surface area contributed by atoms with Crippen molar-refractivity contribution in [1.82, 2.24) is 0 Å². The summed E-state index contributed by atoms with van der Waals surface area (Å²) in [4.78, 5) is 38.5. The minimum absolute atomic E-state index is 0.0813. The average Bonchev–Trinajstić information content (AvgIpc) is 2.74. The number of nitrogens with zero attached hydrogens (tertiary/aromatic N) is 1. The molecule has 0 aromatic heterocycles. The number of ether oxygens (including phenoxy) is 1. The Morgan fingerprint density at radius 2 is 1.97 bits per heavy atom. The largest absolute Gasteiger partial charge is 0.478 e. The highest BCUT2D eigenvalue weighted by Crippen LogP contribution is 2.32. The zero-order chi connectivity index (χ0) is 21.7. The summed E-state index contributed by atoms with van der Waals surface area (Å²) in [6.07, 6.45) is 1.54. The number of aromatic carboxylic acids is 1. The lowest BCUT2D eigenvalue weighted by Gasteiger charge is -2.34. The first-order valence-corrected chi connectivity index (χ1v) is 10.1. The molecule has 2 N–H and O–H groups in total. The number of carboxylic acids is 1. The second kappa shape index (κ2) is 9.43. The summed E-state index contributed by atoms with van der Waals surface area (Å²) in [7, 11) is 0. The second-order valence-corrected chi connectivity index (χ2v) is 7.34. The molecule has 0 saturated carbocycles. The van der Waals surface area contributed by atoms with Crippen LogP contribution >= 0.6 is 0 Å². The van der Waals surface area contributed by atoms with Gasteiger partial charge in [-0.1, -0.05) is 18.2 Å². The molecule has 30 heavy (non-hydrogen) atoms. The van der Waals surface area contributed by atoms with Crippen LogP contribution in [0.3, 0.4) is 0 Å². The van der Waals surface area contributed by atoms with Crippen molar-refractivity contribution in [3.63, 3.8) is 0 Å². The molecule has 2 aromatic carbocycles. The molecule has 3 rings (SSSR count). The van der Waals surface area contributed by atoms with Crippen molar-refractivity contribution in [3.8, 4) is 0 Å². The molecule has 1 heterocycles. The monoisotopic (exact) mass is 410 g/mol. The van der Waals surface area contributed by atoms with Gasteiger partial charge in [0.1, 0.15) is 0 Å². The van der Waals surface area contributed by atoms with Crippen LogP contribution < -0.4 is 10.2 Å². The lowest BCUT2D eigenvalue weighted by molar-refractivity contribution is -0.148. The molecule has 0 radical (unpaired) electrons. The number of hydrogen-bond donors (Lipinski definition) is 2. The fraction of sp³-hybridized carbons (Fsp3) is 0.348. The number of carboxylic acid groups (broad SMARTS) is 1. The van der Waals surface area contributed by atoms with Crippen LogP contribution in [0.1, 0.15) is 46.0 Å². The molecule has 1 saturated heterocycles. The van der Waals surface area contributed by atoms with Crippen molar-refractivity contribution in [2.45, 2.75) is 26.7 Å². The Bertz CT molecular complexity index is 956. The van der Waals surface area contributed by atoms with Crippen LogP contribution in [0, 0.1) is 12.8 Å². The standard InChI is InChI=1S/C23H26N2O5/c1-3-30-23(29)17-8-6-12-25(14-17)20-11-10-16(22(27)28)13-19(20)24-21(26)18-9-5-4-7-15(18)2/h4-5,7,9-11,13,17H,3,6,8,12,14H2,1-2H3,(H,24,26)(H,27,28). The Hall–Kier alpha value is -3.35. The Balaban J connectivity index is 1.91. The van der Waals surface area contributed by atoms with Crippen LogP contribution in [0.4, 0.5) is 11.4 Å². The molecule has 1 aliphatic rings. The maximum atomic E-state index is 12.9. The van der Waals surface area contributed by atoms with Gasteiger partial charge in [-0.25, -0.2) is 4.79 Å². The summed E-state index contributed by atoms with van der Waals surface area (Å²) in [5.74, 6) is -1.86. The summed E-state index contributed by atoms with van der Waals surface area (Å²) < 4.78 is 5.17. The molecule has 0 bridgehead atoms. The average molecular weight is 410 g/mol. The smallest absolute Gasteiger partial charge is 0.335 e. The van der Waals surface area contributed by atoms with Gasteiger partial charge in [0.05, 0.1) is 29.5 Å². The predicted molar refractivity (Wildman–Crippen MR) is 114 cm³/mol. The van der Waals surface area contributed by atoms with Crippen molar-refractivity contribution in [3.05, 3.63) is 59.2 Å². The number of benzene rings is 2. The Kier molecular flexibility index (Phi) is 6.72. The quantitative estimate of drug-likeness (QED) is 0.705. The van der Waals surface area contributed by atoms with E-state index in [1.807, 2.05) is 24.0 Å². The predicted octanol–water partition coefficient (Wildman–Crippen LogP) is 3.73. The first kappa shape index (κ1) is 21.4. The van der Waals surface area contributed by atoms with E-state index in [0.29, 0.717) is 36.6 Å². The second-order valence-electron chi connectivity index (χ2n) is 7.34. The number of anilines is 2. The van der Waals surface area contributed by atoms with E-state index in [0.717, 1.165) is 18.4 Å². The lowest BCUT2D eigenvalue weighted by atomic mass is 9.97. The molecule has 7 nitrogen and oxygen atoms in total. The van der Waals surface area contributed by atoms with Gasteiger partial charge in [0.25, 0.3) is 5.91 Å². The molecule has 1 amide bonds. The SMILES string of the molecule is CCOC(=O)C1CCCN(c2ccc(C(=O)O)cc2NC(=O)c2ccccc2C)C1. The van der Waals surface area contributed by atoms with E-state index >= 15 is 0 Å². The van der Waals surface area contributed by atoms with Gasteiger partial charge in [-0.15, -0.1) is 0 Å². The fourth-order valence-corrected chi connectivity index (χ4v) is 3.71. The van der Waals surface area contributed by atoms with Crippen molar-refractivity contribution < 1.29 is 24.2 Å². The van der Waals surface area contributed by atoms with Gasteiger partial charge in [-0.05, 0) is 56.5 Å². The van der Waals surface area contributed by atoms with E-state index in [1.54, 1.807) is 25.1 Å². The molecule has 1 unspecified atom stereocenters. The number of amides is 1. The number of carbonyl (C=O) groups is 3. The zero-order valence-electron chi connectivity index (χ0n) is 17.2. The van der Waals surface area contributed by atoms with E-state index in [4.69, 9.17) is 4.74 Å². The van der Waals surface area contributed by atoms with Gasteiger partial charge in [0.15, 0.2) is 0 Å². The maximum Gasteiger partial charge on any atom is 0.335 e. The number of esters is 1. The molecule has 1 atom stereocenters. The molecule has 0 spiro atoms. The van der Waals surface area contributed by atoms with Crippen LogP contribution in [-0.4, -0.2) is 42.6 Å². The first-order valence-electron chi connectivity index (χ1n) is 10.1. The Morgan fingerprint density at radius 1 is 1.20 bits per heavy atom. The summed E-state index contributed by atoms with van der Waals surface area (Å²) in [6.45, 7) is 5.12. The third kappa shape index (κ3) is 4.79. The molecular formula is C23H26N2O5. The third-order valence-corrected chi connectivity index (χ3v) is 5.26. The van der Waals surface area contributed by atoms with Gasteiger partial charge in [0.2, 0.25) is 0 Å². The molecule has 7 heteroatoms. The van der Waals surface area contributed by atoms with Gasteiger partial charge < -0.3 is 20.1 Å². The van der Waals surface area contributed by atoms with E-state index in [1.165, 1.54) is 12.1 Å². The minimum Gasteiger partial charge on any atom is -0.478 e. The summed E-state index contributed by atoms with van der Waals surface area (Å²) >= 11 is 0. The topological polar surface area (TPSA) is 95.9 Å². The van der Waals surface area contributed by atoms with Gasteiger partial charge in [0, 0.05) is 18.7 Å². The van der Waals surface area contributed by atoms with E-state index in [9.17, 15) is 19.5 Å². The van der Waals surface area contributed by atoms with Crippen LogP contribution in [-0.2, 0) is 9.53 Å². The van der Waals surface area contributed by atoms with Crippen LogP contribution in [0.25, 0.3) is 0 Å². The van der Waals surface area contributed by atoms with Crippen molar-refractivity contribution in [2.24, 2.45) is 5.92 Å². The van der Waals surface area contributed by atoms with Crippen molar-refractivity contribution >= 4 is 29.2 Å². The third-order valence-electron chi connectivity index (χ3n) is 5.26. The minimum atomic E-state index is -1.07. The van der Waals surface area contributed by atoms with Crippen LogP contribution in [0.5, 0.6) is 0 Å². The number of rotatable bonds is 6. The van der Waals surface area contributed by atoms with Crippen molar-refractivity contribution in [1.29, 1.82) is 0 Å². The molecule has 1 fully saturated rings. The summed E-state index contributed by atoms with van der Waals surface area (Å²) in [5.41, 5.74) is 2.53. The van der Waals surface area contributed by atoms with Gasteiger partial charge in [-0.3, -0.25) is 9.59 Å². The molecular weight excluding hydrogens is 384 g/mol. The van der Waals surface area contributed by atoms with E-state index in [-0.39, 0.29) is 23.4 Å². The van der Waals surface area contributed by atoms with Gasteiger partial charge in [-0.2, -0.15) is 0 Å². The molecule has 0 aliphatic carbocycles. The molecule has 1 aliphatic heterocycles. The normalized spacial score (nSPS) is 16.1. The fourth-order valence-electron chi connectivity index (χ4n) is 3.71. The Labute approximate surface area is 175 Å². The number of carbonyl (C=O) groups excluding carboxylic acids is 2. The lowest BCUT2D eigenvalue weighted by Crippen LogP contribution is -2.40. The van der Waals surface area contributed by atoms with Gasteiger partial charge >= 0.3 is 11.9 Å². The number of piperidine rings is 1. The number of hydrogen-bond acceptors (Lipinski definition) is 5. The highest BCUT2D eigenvalue weighted by Gasteiger charge is 2.28.